The number of hydrogen-bond acceptors (Lipinski definition) is 5. The lowest BCUT2D eigenvalue weighted by Gasteiger charge is -2.32. The third-order valence-electron chi connectivity index (χ3n) is 5.22. The van der Waals surface area contributed by atoms with Crippen molar-refractivity contribution in [2.24, 2.45) is 5.92 Å². The van der Waals surface area contributed by atoms with Gasteiger partial charge in [-0.3, -0.25) is 4.79 Å². The quantitative estimate of drug-likeness (QED) is 0.853. The first kappa shape index (κ1) is 16.9. The van der Waals surface area contributed by atoms with E-state index in [1.165, 1.54) is 11.3 Å². The zero-order chi connectivity index (χ0) is 18.0. The second kappa shape index (κ2) is 5.49. The Morgan fingerprint density at radius 1 is 1.32 bits per heavy atom. The molecular weight excluding hydrogens is 342 g/mol. The number of anilines is 1. The minimum Gasteiger partial charge on any atom is -0.399 e. The molecule has 1 amide bonds. The van der Waals surface area contributed by atoms with Gasteiger partial charge >= 0.3 is 7.12 Å². The molecule has 5 nitrogen and oxygen atoms in total. The highest BCUT2D eigenvalue weighted by Crippen LogP contribution is 2.37. The van der Waals surface area contributed by atoms with E-state index in [0.717, 1.165) is 15.7 Å². The van der Waals surface area contributed by atoms with Crippen LogP contribution in [0.5, 0.6) is 0 Å². The Bertz CT molecular complexity index is 838. The van der Waals surface area contributed by atoms with Gasteiger partial charge in [0.1, 0.15) is 6.17 Å². The van der Waals surface area contributed by atoms with Gasteiger partial charge in [0.2, 0.25) is 5.91 Å². The van der Waals surface area contributed by atoms with E-state index in [4.69, 9.17) is 9.31 Å². The molecule has 2 aliphatic rings. The number of carbonyl (C=O) groups is 1. The highest BCUT2D eigenvalue weighted by atomic mass is 32.1. The molecule has 0 radical (unpaired) electrons. The third kappa shape index (κ3) is 2.96. The summed E-state index contributed by atoms with van der Waals surface area (Å²) in [5.41, 5.74) is 0.908. The van der Waals surface area contributed by atoms with Crippen LogP contribution in [0.3, 0.4) is 0 Å². The van der Waals surface area contributed by atoms with Gasteiger partial charge in [-0.15, -0.1) is 0 Å². The summed E-state index contributed by atoms with van der Waals surface area (Å²) in [7, 11) is -0.437. The molecule has 4 rings (SSSR count). The molecule has 1 saturated carbocycles. The smallest absolute Gasteiger partial charge is 0.399 e. The summed E-state index contributed by atoms with van der Waals surface area (Å²) < 4.78 is 26.0. The summed E-state index contributed by atoms with van der Waals surface area (Å²) in [5, 5.41) is 3.20. The summed E-state index contributed by atoms with van der Waals surface area (Å²) in [6.45, 7) is 8.06. The lowest BCUT2D eigenvalue weighted by Crippen LogP contribution is -2.41. The number of fused-ring (bicyclic) bond motifs is 1. The number of amides is 1. The molecule has 1 aromatic carbocycles. The molecule has 8 heteroatoms. The number of benzene rings is 1. The highest BCUT2D eigenvalue weighted by molar-refractivity contribution is 7.22. The summed E-state index contributed by atoms with van der Waals surface area (Å²) in [5.74, 6) is -0.815. The predicted octanol–water partition coefficient (Wildman–Crippen LogP) is 2.89. The van der Waals surface area contributed by atoms with Crippen molar-refractivity contribution in [3.05, 3.63) is 18.2 Å². The third-order valence-corrected chi connectivity index (χ3v) is 6.15. The van der Waals surface area contributed by atoms with Crippen LogP contribution in [0.15, 0.2) is 18.2 Å². The molecule has 25 heavy (non-hydrogen) atoms. The van der Waals surface area contributed by atoms with Crippen molar-refractivity contribution < 1.29 is 18.5 Å². The van der Waals surface area contributed by atoms with Crippen molar-refractivity contribution >= 4 is 45.2 Å². The standard InChI is InChI=1S/C17H20BFN2O3S/c1-16(2)17(3,4)24-18(23-16)9-5-6-12-13(7-9)25-15(20-12)21-14(22)10-8-11(10)19/h5-7,10-11H,8H2,1-4H3,(H,20,21,22)/t10?,11-/m0/s1. The van der Waals surface area contributed by atoms with E-state index < -0.39 is 30.4 Å². The Morgan fingerprint density at radius 2 is 1.96 bits per heavy atom. The number of nitrogens with zero attached hydrogens (tertiary/aromatic N) is 1. The van der Waals surface area contributed by atoms with Gasteiger partial charge in [-0.05, 0) is 51.7 Å². The Labute approximate surface area is 150 Å². The number of halogens is 1. The van der Waals surface area contributed by atoms with Gasteiger partial charge in [-0.1, -0.05) is 17.4 Å². The fraction of sp³-hybridized carbons (Fsp3) is 0.529. The van der Waals surface area contributed by atoms with Crippen LogP contribution in [0, 0.1) is 5.92 Å². The zero-order valence-corrected chi connectivity index (χ0v) is 15.4. The van der Waals surface area contributed by atoms with Crippen LogP contribution in [0.2, 0.25) is 0 Å². The van der Waals surface area contributed by atoms with E-state index in [0.29, 0.717) is 11.6 Å². The molecule has 2 aromatic rings. The molecule has 1 aliphatic heterocycles. The zero-order valence-electron chi connectivity index (χ0n) is 14.6. The molecule has 1 aromatic heterocycles. The molecule has 2 fully saturated rings. The van der Waals surface area contributed by atoms with Crippen LogP contribution < -0.4 is 10.8 Å². The largest absolute Gasteiger partial charge is 0.494 e. The Morgan fingerprint density at radius 3 is 2.56 bits per heavy atom. The normalized spacial score (nSPS) is 26.8. The second-order valence-corrected chi connectivity index (χ2v) is 8.71. The van der Waals surface area contributed by atoms with Crippen LogP contribution in [0.1, 0.15) is 34.1 Å². The SMILES string of the molecule is CC1(C)OB(c2ccc3nc(NC(=O)C4C[C@@H]4F)sc3c2)OC1(C)C. The molecule has 2 atom stereocenters. The number of aromatic nitrogens is 1. The first-order valence-electron chi connectivity index (χ1n) is 8.37. The van der Waals surface area contributed by atoms with Gasteiger partial charge < -0.3 is 14.6 Å². The number of alkyl halides is 1. The number of thiazole rings is 1. The van der Waals surface area contributed by atoms with E-state index >= 15 is 0 Å². The van der Waals surface area contributed by atoms with Crippen molar-refractivity contribution in [2.75, 3.05) is 5.32 Å². The summed E-state index contributed by atoms with van der Waals surface area (Å²) in [6, 6.07) is 5.78. The topological polar surface area (TPSA) is 60.5 Å². The Hall–Kier alpha value is -1.51. The minimum absolute atomic E-state index is 0.294. The van der Waals surface area contributed by atoms with E-state index in [1.54, 1.807) is 0 Å². The molecule has 1 N–H and O–H groups in total. The molecule has 2 heterocycles. The number of rotatable bonds is 3. The first-order chi connectivity index (χ1) is 11.7. The fourth-order valence-electron chi connectivity index (χ4n) is 2.75. The minimum atomic E-state index is -1.01. The maximum Gasteiger partial charge on any atom is 0.494 e. The molecule has 1 aliphatic carbocycles. The van der Waals surface area contributed by atoms with E-state index in [2.05, 4.69) is 10.3 Å². The first-order valence-corrected chi connectivity index (χ1v) is 9.19. The highest BCUT2D eigenvalue weighted by Gasteiger charge is 2.51. The lowest BCUT2D eigenvalue weighted by molar-refractivity contribution is -0.117. The molecule has 0 bridgehead atoms. The fourth-order valence-corrected chi connectivity index (χ4v) is 3.67. The van der Waals surface area contributed by atoms with Crippen molar-refractivity contribution in [2.45, 2.75) is 51.5 Å². The molecule has 132 valence electrons. The maximum atomic E-state index is 13.0. The number of nitrogens with one attached hydrogen (secondary N) is 1. The van der Waals surface area contributed by atoms with Crippen LogP contribution in [0.25, 0.3) is 10.2 Å². The van der Waals surface area contributed by atoms with E-state index in [9.17, 15) is 9.18 Å². The summed E-state index contributed by atoms with van der Waals surface area (Å²) in [6.07, 6.45) is -0.702. The van der Waals surface area contributed by atoms with Gasteiger partial charge in [0.15, 0.2) is 5.13 Å². The van der Waals surface area contributed by atoms with E-state index in [1.807, 2.05) is 45.9 Å². The average molecular weight is 362 g/mol. The van der Waals surface area contributed by atoms with Crippen LogP contribution >= 0.6 is 11.3 Å². The molecule has 0 spiro atoms. The van der Waals surface area contributed by atoms with Gasteiger partial charge in [0.25, 0.3) is 0 Å². The van der Waals surface area contributed by atoms with Crippen LogP contribution in [0.4, 0.5) is 9.52 Å². The van der Waals surface area contributed by atoms with Gasteiger partial charge in [-0.2, -0.15) is 0 Å². The predicted molar refractivity (Wildman–Crippen MR) is 97.0 cm³/mol. The molecule has 1 unspecified atom stereocenters. The van der Waals surface area contributed by atoms with Crippen molar-refractivity contribution in [3.63, 3.8) is 0 Å². The molecular formula is C17H20BFN2O3S. The van der Waals surface area contributed by atoms with Gasteiger partial charge in [0.05, 0.1) is 27.3 Å². The summed E-state index contributed by atoms with van der Waals surface area (Å²) in [4.78, 5) is 16.3. The van der Waals surface area contributed by atoms with Crippen LogP contribution in [-0.4, -0.2) is 35.4 Å². The number of hydrogen-bond donors (Lipinski definition) is 1. The summed E-state index contributed by atoms with van der Waals surface area (Å²) >= 11 is 1.37. The van der Waals surface area contributed by atoms with Crippen molar-refractivity contribution in [3.8, 4) is 0 Å². The average Bonchev–Trinajstić information content (AvgIpc) is 3.03. The monoisotopic (exact) mass is 362 g/mol. The second-order valence-electron chi connectivity index (χ2n) is 7.68. The van der Waals surface area contributed by atoms with Crippen molar-refractivity contribution in [1.29, 1.82) is 0 Å². The van der Waals surface area contributed by atoms with Crippen LogP contribution in [-0.2, 0) is 14.1 Å². The molecule has 1 saturated heterocycles. The lowest BCUT2D eigenvalue weighted by atomic mass is 9.79. The number of carbonyl (C=O) groups excluding carboxylic acids is 1. The Balaban J connectivity index is 1.56. The van der Waals surface area contributed by atoms with Gasteiger partial charge in [-0.25, -0.2) is 9.37 Å². The van der Waals surface area contributed by atoms with E-state index in [-0.39, 0.29) is 5.91 Å². The Kier molecular flexibility index (Phi) is 3.72. The van der Waals surface area contributed by atoms with Gasteiger partial charge in [0, 0.05) is 0 Å². The van der Waals surface area contributed by atoms with Crippen molar-refractivity contribution in [1.82, 2.24) is 4.98 Å². The maximum absolute atomic E-state index is 13.0.